The first-order valence-corrected chi connectivity index (χ1v) is 6.70. The second-order valence-electron chi connectivity index (χ2n) is 4.63. The van der Waals surface area contributed by atoms with E-state index >= 15 is 0 Å². The maximum atomic E-state index is 2.43. The van der Waals surface area contributed by atoms with Crippen LogP contribution in [0.3, 0.4) is 0 Å². The number of hydrogen-bond donors (Lipinski definition) is 1. The van der Waals surface area contributed by atoms with Crippen molar-refractivity contribution in [2.45, 2.75) is 32.7 Å². The molecule has 0 bridgehead atoms. The molecule has 2 aromatic carbocycles. The van der Waals surface area contributed by atoms with Gasteiger partial charge in [0.05, 0.1) is 6.54 Å². The van der Waals surface area contributed by atoms with Crippen molar-refractivity contribution in [1.29, 1.82) is 0 Å². The van der Waals surface area contributed by atoms with Crippen LogP contribution in [0.4, 0.5) is 0 Å². The van der Waals surface area contributed by atoms with Gasteiger partial charge in [0.15, 0.2) is 0 Å². The minimum absolute atomic E-state index is 1.10. The Kier molecular flexibility index (Phi) is 4.57. The molecular formula is C16H22N+. The number of nitrogens with two attached hydrogens (primary N) is 1. The van der Waals surface area contributed by atoms with Gasteiger partial charge in [0.2, 0.25) is 0 Å². The quantitative estimate of drug-likeness (QED) is 0.732. The number of fused-ring (bicyclic) bond motifs is 1. The molecule has 0 aliphatic rings. The molecule has 90 valence electrons. The summed E-state index contributed by atoms with van der Waals surface area (Å²) in [7, 11) is 0. The number of rotatable bonds is 6. The molecule has 1 heteroatoms. The molecule has 1 nitrogen and oxygen atoms in total. The van der Waals surface area contributed by atoms with Gasteiger partial charge < -0.3 is 5.32 Å². The largest absolute Gasteiger partial charge is 0.342 e. The van der Waals surface area contributed by atoms with Gasteiger partial charge in [0, 0.05) is 5.56 Å². The predicted octanol–water partition coefficient (Wildman–Crippen LogP) is 3.09. The van der Waals surface area contributed by atoms with Gasteiger partial charge in [-0.1, -0.05) is 55.8 Å². The fraction of sp³-hybridized carbons (Fsp3) is 0.375. The molecular weight excluding hydrogens is 206 g/mol. The van der Waals surface area contributed by atoms with Gasteiger partial charge in [-0.2, -0.15) is 0 Å². The maximum Gasteiger partial charge on any atom is 0.102 e. The van der Waals surface area contributed by atoms with Crippen molar-refractivity contribution in [2.24, 2.45) is 0 Å². The van der Waals surface area contributed by atoms with Crippen molar-refractivity contribution < 1.29 is 5.32 Å². The molecule has 2 N–H and O–H groups in total. The molecule has 2 aromatic rings. The molecule has 0 fully saturated rings. The van der Waals surface area contributed by atoms with Crippen molar-refractivity contribution in [2.75, 3.05) is 6.54 Å². The Hall–Kier alpha value is -1.34. The topological polar surface area (TPSA) is 16.6 Å². The van der Waals surface area contributed by atoms with Crippen molar-refractivity contribution in [3.05, 3.63) is 48.0 Å². The van der Waals surface area contributed by atoms with E-state index < -0.39 is 0 Å². The van der Waals surface area contributed by atoms with Crippen LogP contribution in [-0.4, -0.2) is 6.54 Å². The number of quaternary nitrogens is 1. The van der Waals surface area contributed by atoms with E-state index in [-0.39, 0.29) is 0 Å². The number of hydrogen-bond acceptors (Lipinski definition) is 0. The Bertz CT molecular complexity index is 457. The van der Waals surface area contributed by atoms with Crippen molar-refractivity contribution in [3.8, 4) is 0 Å². The molecule has 0 amide bonds. The van der Waals surface area contributed by atoms with E-state index in [2.05, 4.69) is 54.7 Å². The Balaban J connectivity index is 1.98. The van der Waals surface area contributed by atoms with E-state index in [0.29, 0.717) is 0 Å². The molecule has 2 rings (SSSR count). The standard InChI is InChI=1S/C16H21N/c1-2-3-6-12-17-13-15-10-7-9-14-8-4-5-11-16(14)15/h4-5,7-11,17H,2-3,6,12-13H2,1H3/p+1. The molecule has 0 aliphatic heterocycles. The van der Waals surface area contributed by atoms with E-state index in [1.54, 1.807) is 0 Å². The number of unbranched alkanes of at least 4 members (excludes halogenated alkanes) is 2. The first kappa shape index (κ1) is 12.1. The lowest BCUT2D eigenvalue weighted by atomic mass is 10.0. The zero-order valence-electron chi connectivity index (χ0n) is 10.7. The second kappa shape index (κ2) is 6.41. The molecule has 0 heterocycles. The Morgan fingerprint density at radius 3 is 2.65 bits per heavy atom. The van der Waals surface area contributed by atoms with E-state index in [4.69, 9.17) is 0 Å². The van der Waals surface area contributed by atoms with Crippen LogP contribution in [0.5, 0.6) is 0 Å². The highest BCUT2D eigenvalue weighted by Crippen LogP contribution is 2.17. The van der Waals surface area contributed by atoms with Crippen molar-refractivity contribution >= 4 is 10.8 Å². The third kappa shape index (κ3) is 3.31. The summed E-state index contributed by atoms with van der Waals surface area (Å²) in [5.74, 6) is 0. The van der Waals surface area contributed by atoms with Crippen LogP contribution < -0.4 is 5.32 Å². The number of benzene rings is 2. The summed E-state index contributed by atoms with van der Waals surface area (Å²) in [5, 5.41) is 5.19. The van der Waals surface area contributed by atoms with Crippen LogP contribution in [0, 0.1) is 0 Å². The highest BCUT2D eigenvalue weighted by molar-refractivity contribution is 5.85. The normalized spacial score (nSPS) is 10.9. The van der Waals surface area contributed by atoms with Crippen LogP contribution in [0.1, 0.15) is 31.7 Å². The fourth-order valence-electron chi connectivity index (χ4n) is 2.27. The molecule has 0 atom stereocenters. The van der Waals surface area contributed by atoms with Crippen molar-refractivity contribution in [3.63, 3.8) is 0 Å². The second-order valence-corrected chi connectivity index (χ2v) is 4.63. The molecule has 0 saturated carbocycles. The summed E-state index contributed by atoms with van der Waals surface area (Å²) in [6.07, 6.45) is 4.00. The zero-order chi connectivity index (χ0) is 11.9. The summed E-state index contributed by atoms with van der Waals surface area (Å²) in [4.78, 5) is 0. The summed E-state index contributed by atoms with van der Waals surface area (Å²) < 4.78 is 0. The lowest BCUT2D eigenvalue weighted by molar-refractivity contribution is -0.670. The Labute approximate surface area is 104 Å². The molecule has 0 unspecified atom stereocenters. The summed E-state index contributed by atoms with van der Waals surface area (Å²) in [6.45, 7) is 4.60. The van der Waals surface area contributed by atoms with Crippen molar-refractivity contribution in [1.82, 2.24) is 0 Å². The SMILES string of the molecule is CCCCC[NH2+]Cc1cccc2ccccc12. The zero-order valence-corrected chi connectivity index (χ0v) is 10.7. The molecule has 17 heavy (non-hydrogen) atoms. The average Bonchev–Trinajstić information content (AvgIpc) is 2.39. The monoisotopic (exact) mass is 228 g/mol. The highest BCUT2D eigenvalue weighted by Gasteiger charge is 2.01. The first-order valence-electron chi connectivity index (χ1n) is 6.70. The van der Waals surface area contributed by atoms with Crippen LogP contribution in [0.25, 0.3) is 10.8 Å². The van der Waals surface area contributed by atoms with Gasteiger partial charge in [-0.15, -0.1) is 0 Å². The third-order valence-corrected chi connectivity index (χ3v) is 3.26. The van der Waals surface area contributed by atoms with Crippen LogP contribution in [0.2, 0.25) is 0 Å². The molecule has 0 spiro atoms. The van der Waals surface area contributed by atoms with Gasteiger partial charge in [-0.25, -0.2) is 0 Å². The van der Waals surface area contributed by atoms with Gasteiger partial charge in [-0.05, 0) is 23.6 Å². The lowest BCUT2D eigenvalue weighted by Crippen LogP contribution is -2.82. The predicted molar refractivity (Wildman–Crippen MR) is 74.0 cm³/mol. The van der Waals surface area contributed by atoms with E-state index in [1.165, 1.54) is 42.1 Å². The van der Waals surface area contributed by atoms with Crippen LogP contribution >= 0.6 is 0 Å². The van der Waals surface area contributed by atoms with E-state index in [1.807, 2.05) is 0 Å². The van der Waals surface area contributed by atoms with Crippen LogP contribution in [-0.2, 0) is 6.54 Å². The first-order chi connectivity index (χ1) is 8.42. The average molecular weight is 228 g/mol. The Morgan fingerprint density at radius 1 is 0.941 bits per heavy atom. The lowest BCUT2D eigenvalue weighted by Gasteiger charge is -2.05. The van der Waals surface area contributed by atoms with Crippen LogP contribution in [0.15, 0.2) is 42.5 Å². The van der Waals surface area contributed by atoms with Gasteiger partial charge in [0.1, 0.15) is 6.54 Å². The Morgan fingerprint density at radius 2 is 1.76 bits per heavy atom. The van der Waals surface area contributed by atoms with Gasteiger partial charge in [-0.3, -0.25) is 0 Å². The molecule has 0 saturated heterocycles. The third-order valence-electron chi connectivity index (χ3n) is 3.26. The minimum Gasteiger partial charge on any atom is -0.342 e. The molecule has 0 aliphatic carbocycles. The maximum absolute atomic E-state index is 2.43. The fourth-order valence-corrected chi connectivity index (χ4v) is 2.27. The summed E-state index contributed by atoms with van der Waals surface area (Å²) in [5.41, 5.74) is 1.46. The van der Waals surface area contributed by atoms with E-state index in [9.17, 15) is 0 Å². The summed E-state index contributed by atoms with van der Waals surface area (Å²) >= 11 is 0. The summed E-state index contributed by atoms with van der Waals surface area (Å²) in [6, 6.07) is 15.3. The molecule has 0 aromatic heterocycles. The highest BCUT2D eigenvalue weighted by atomic mass is 14.8. The molecule has 0 radical (unpaired) electrons. The smallest absolute Gasteiger partial charge is 0.102 e. The van der Waals surface area contributed by atoms with Gasteiger partial charge >= 0.3 is 0 Å². The van der Waals surface area contributed by atoms with E-state index in [0.717, 1.165) is 6.54 Å². The van der Waals surface area contributed by atoms with Gasteiger partial charge in [0.25, 0.3) is 0 Å². The minimum atomic E-state index is 1.10.